The van der Waals surface area contributed by atoms with E-state index in [-0.39, 0.29) is 240 Å². The molecule has 8 fully saturated rings. The Bertz CT molecular complexity index is 4160. The fourth-order valence-corrected chi connectivity index (χ4v) is 17.4. The maximum Gasteiger partial charge on any atom is 0.471 e. The van der Waals surface area contributed by atoms with Crippen LogP contribution in [0.5, 0.6) is 0 Å². The lowest BCUT2D eigenvalue weighted by atomic mass is 9.77. The van der Waals surface area contributed by atoms with Gasteiger partial charge in [-0.3, -0.25) is 48.1 Å². The van der Waals surface area contributed by atoms with Crippen molar-refractivity contribution in [3.63, 3.8) is 0 Å². The molecular weight excluding hydrogens is 1960 g/mol. The smallest absolute Gasteiger partial charge is 0.462 e. The number of carbonyl (C=O) groups excluding carboxylic acids is 9. The molecule has 53 heteroatoms. The number of aromatic nitrogens is 3. The standard InChI is InChI=1S/C94H151F3N12O38/c1-64(110)75-47-76(75)82-77(140-66(3)112)48-80-135-61-91(82,145-80)60-128-42-41-125-36-35-122-32-29-119-25-17-11-8-13-19-71(105-98)52-129-57-90(102-22-16-10-9-15-21-101-79(117)20-14-12-18-26-132-89-133-55-74(56-134-89)104-88(118)94(95,96)97,59-131-54-73-51-109(108-107-73)24-28-121-31-34-124-38-40-126-43-45-138-92-62-136-81(146-92)49-78(141-67(4)113)85(92)143-69(6)115)58-130-53-72(106-99)50-100-23-27-120-30-33-123-37-39-127-44-46-139-93-63-137-87(147-93)83(103-65(2)111)84(142-68(5)114)86(93)144-70(7)116/h19,50-51,72,74-78,80-87,89,98-99,102H,8-18,20-49,52-63H2,1-7H3,(H,101,117)(H,103,111)(H,104,118). The van der Waals surface area contributed by atoms with Gasteiger partial charge in [-0.15, -0.1) is 5.10 Å². The number of nitrogens with one attached hydrogen (secondary N) is 6. The second-order valence-corrected chi connectivity index (χ2v) is 36.4. The maximum atomic E-state index is 12.8. The van der Waals surface area contributed by atoms with Crippen LogP contribution in [0.2, 0.25) is 0 Å². The summed E-state index contributed by atoms with van der Waals surface area (Å²) in [6.07, 6.45) is 2.35. The predicted molar refractivity (Wildman–Crippen MR) is 497 cm³/mol. The molecule has 7 saturated heterocycles. The Labute approximate surface area is 852 Å². The van der Waals surface area contributed by atoms with E-state index in [1.807, 2.05) is 11.4 Å². The SMILES string of the molecule is CC(=O)NC1C2OCC(OCCOCCOCCOCCN=CC(COCC(COCC(=CCCCCCOCCOCCOCCOCC34COC(CC(OC(C)=O)C3C3CC3C(C)=O)O4)N=N)(COCc3cn(CCOCCOCCOCCOC45COC(CC(OC(C)=O)C4OC(C)=O)O5)nn3)NCCCCCCNC(=O)CCCCCOC3OCC(NC(=O)C(F)(F)F)CO3)N=N)(O2)C(OC(C)=O)C1OC(C)=O. The van der Waals surface area contributed by atoms with Crippen LogP contribution in [0.4, 0.5) is 13.2 Å². The molecule has 1 saturated carbocycles. The number of amides is 3. The summed E-state index contributed by atoms with van der Waals surface area (Å²) in [5.74, 6) is -8.91. The van der Waals surface area contributed by atoms with Gasteiger partial charge in [0.2, 0.25) is 23.4 Å². The number of rotatable bonds is 82. The molecule has 6 N–H and O–H groups in total. The molecule has 50 nitrogen and oxygen atoms in total. The van der Waals surface area contributed by atoms with E-state index < -0.39 is 139 Å². The number of carbonyl (C=O) groups is 9. The third kappa shape index (κ3) is 44.7. The molecule has 0 radical (unpaired) electrons. The van der Waals surface area contributed by atoms with Crippen LogP contribution >= 0.6 is 0 Å². The van der Waals surface area contributed by atoms with E-state index in [9.17, 15) is 56.3 Å². The van der Waals surface area contributed by atoms with Gasteiger partial charge >= 0.3 is 41.9 Å². The normalized spacial score (nSPS) is 26.2. The van der Waals surface area contributed by atoms with E-state index in [1.54, 1.807) is 17.8 Å². The zero-order valence-electron chi connectivity index (χ0n) is 85.2. The minimum atomic E-state index is -5.03. The van der Waals surface area contributed by atoms with Crippen molar-refractivity contribution < 1.29 is 194 Å². The third-order valence-corrected chi connectivity index (χ3v) is 24.3. The molecule has 0 spiro atoms. The number of halogens is 3. The number of hydrogen-bond donors (Lipinski definition) is 6. The molecule has 17 unspecified atom stereocenters. The maximum absolute atomic E-state index is 12.8. The van der Waals surface area contributed by atoms with Crippen LogP contribution in [0.15, 0.2) is 33.2 Å². The first-order valence-electron chi connectivity index (χ1n) is 50.3. The van der Waals surface area contributed by atoms with E-state index in [0.717, 1.165) is 32.1 Å². The van der Waals surface area contributed by atoms with Crippen molar-refractivity contribution >= 4 is 59.6 Å². The highest BCUT2D eigenvalue weighted by atomic mass is 19.4. The van der Waals surface area contributed by atoms with Gasteiger partial charge in [0, 0.05) is 92.0 Å². The second-order valence-electron chi connectivity index (χ2n) is 36.4. The van der Waals surface area contributed by atoms with E-state index in [0.29, 0.717) is 122 Å². The number of fused-ring (bicyclic) bond motifs is 6. The molecule has 1 aromatic heterocycles. The van der Waals surface area contributed by atoms with Crippen LogP contribution in [-0.2, 0) is 194 Å². The highest BCUT2D eigenvalue weighted by Gasteiger charge is 2.67. The first-order valence-corrected chi connectivity index (χ1v) is 50.3. The molecule has 8 heterocycles. The van der Waals surface area contributed by atoms with Crippen LogP contribution in [0.1, 0.15) is 150 Å². The molecule has 1 aliphatic carbocycles. The minimum Gasteiger partial charge on any atom is -0.462 e. The average molecular weight is 2110 g/mol. The number of nitrogens with zero attached hydrogens (tertiary/aromatic N) is 6. The number of alkyl halides is 3. The van der Waals surface area contributed by atoms with Gasteiger partial charge in [-0.25, -0.2) is 15.7 Å². The lowest BCUT2D eigenvalue weighted by Gasteiger charge is -2.45. The summed E-state index contributed by atoms with van der Waals surface area (Å²) in [5, 5.41) is 27.4. The Morgan fingerprint density at radius 2 is 1.10 bits per heavy atom. The molecule has 8 aliphatic rings. The highest BCUT2D eigenvalue weighted by molar-refractivity contribution is 5.82. The van der Waals surface area contributed by atoms with Crippen LogP contribution in [0.25, 0.3) is 0 Å². The van der Waals surface area contributed by atoms with E-state index in [1.165, 1.54) is 47.8 Å². The molecular formula is C94H151F3N12O38. The number of hydrogen-bond acceptors (Lipinski definition) is 46. The van der Waals surface area contributed by atoms with Crippen molar-refractivity contribution in [2.24, 2.45) is 33.0 Å². The average Bonchev–Trinajstić information content (AvgIpc) is 1.58. The largest absolute Gasteiger partial charge is 0.471 e. The molecule has 9 rings (SSSR count). The van der Waals surface area contributed by atoms with Gasteiger partial charge < -0.3 is 159 Å². The first-order chi connectivity index (χ1) is 70.9. The number of esters is 5. The number of Topliss-reactive ketones (excluding diaryl/α,β-unsaturated/α-hetero) is 1. The first kappa shape index (κ1) is 122. The van der Waals surface area contributed by atoms with Gasteiger partial charge in [0.15, 0.2) is 37.2 Å². The fourth-order valence-electron chi connectivity index (χ4n) is 17.4. The van der Waals surface area contributed by atoms with E-state index in [2.05, 4.69) is 41.5 Å². The number of unbranched alkanes of at least 4 members (excludes halogenated alkanes) is 8. The predicted octanol–water partition coefficient (Wildman–Crippen LogP) is 4.01. The number of ether oxygens (including phenoxy) is 29. The van der Waals surface area contributed by atoms with Crippen LogP contribution in [0.3, 0.4) is 0 Å². The lowest BCUT2D eigenvalue weighted by molar-refractivity contribution is -0.323. The van der Waals surface area contributed by atoms with Crippen molar-refractivity contribution in [1.82, 2.24) is 36.3 Å². The summed E-state index contributed by atoms with van der Waals surface area (Å²) in [6.45, 7) is 14.6. The van der Waals surface area contributed by atoms with Gasteiger partial charge in [-0.05, 0) is 70.8 Å². The molecule has 147 heavy (non-hydrogen) atoms. The number of ketones is 1. The summed E-state index contributed by atoms with van der Waals surface area (Å²) in [6, 6.07) is -2.77. The molecule has 17 atom stereocenters. The second kappa shape index (κ2) is 66.7. The molecule has 836 valence electrons. The molecule has 6 bridgehead atoms. The van der Waals surface area contributed by atoms with Crippen molar-refractivity contribution in [3.05, 3.63) is 23.7 Å². The van der Waals surface area contributed by atoms with Crippen molar-refractivity contribution in [1.29, 1.82) is 11.1 Å². The fraction of sp³-hybridized carbons (Fsp3) is 0.851. The number of allylic oxidation sites excluding steroid dienone is 1. The van der Waals surface area contributed by atoms with Gasteiger partial charge in [-0.2, -0.15) is 23.4 Å². The summed E-state index contributed by atoms with van der Waals surface area (Å²) < 4.78 is 208. The molecule has 0 aromatic carbocycles. The summed E-state index contributed by atoms with van der Waals surface area (Å²) in [5.41, 5.74) is 15.3. The topological polar surface area (TPSA) is 585 Å². The molecule has 7 aliphatic heterocycles. The lowest BCUT2D eigenvalue weighted by Crippen LogP contribution is -2.68. The van der Waals surface area contributed by atoms with Gasteiger partial charge in [0.25, 0.3) is 6.48 Å². The van der Waals surface area contributed by atoms with Gasteiger partial charge in [-0.1, -0.05) is 37.0 Å². The van der Waals surface area contributed by atoms with E-state index in [4.69, 9.17) is 148 Å². The summed E-state index contributed by atoms with van der Waals surface area (Å²) in [4.78, 5) is 113. The zero-order valence-corrected chi connectivity index (χ0v) is 85.2. The Morgan fingerprint density at radius 3 is 1.72 bits per heavy atom. The van der Waals surface area contributed by atoms with Crippen molar-refractivity contribution in [3.8, 4) is 0 Å². The zero-order chi connectivity index (χ0) is 106. The Kier molecular flexibility index (Phi) is 55.6. The van der Waals surface area contributed by atoms with Gasteiger partial charge in [0.1, 0.15) is 54.6 Å². The van der Waals surface area contributed by atoms with Crippen LogP contribution in [0, 0.1) is 28.8 Å². The van der Waals surface area contributed by atoms with E-state index >= 15 is 0 Å². The quantitative estimate of drug-likeness (QED) is 0.0176. The molecule has 3 amide bonds. The monoisotopic (exact) mass is 2110 g/mol. The minimum absolute atomic E-state index is 0.00313. The summed E-state index contributed by atoms with van der Waals surface area (Å²) in [7, 11) is 0. The Hall–Kier alpha value is -8.03. The van der Waals surface area contributed by atoms with Crippen molar-refractivity contribution in [2.45, 2.75) is 261 Å². The molecule has 1 aromatic rings. The van der Waals surface area contributed by atoms with Gasteiger partial charge in [0.05, 0.1) is 241 Å². The van der Waals surface area contributed by atoms with Crippen LogP contribution < -0.4 is 21.3 Å². The van der Waals surface area contributed by atoms with Crippen LogP contribution in [-0.4, -0.2) is 415 Å². The van der Waals surface area contributed by atoms with Crippen molar-refractivity contribution in [2.75, 3.05) is 238 Å². The Balaban J connectivity index is 0.713. The number of aliphatic imine (C=N–C) groups is 1. The third-order valence-electron chi connectivity index (χ3n) is 24.3. The summed E-state index contributed by atoms with van der Waals surface area (Å²) >= 11 is 0. The highest BCUT2D eigenvalue weighted by Crippen LogP contribution is 2.56. The Morgan fingerprint density at radius 1 is 0.544 bits per heavy atom.